The van der Waals surface area contributed by atoms with Gasteiger partial charge in [0.1, 0.15) is 0 Å². The van der Waals surface area contributed by atoms with E-state index >= 15 is 0 Å². The normalized spacial score (nSPS) is 11.8. The molecule has 2 rings (SSSR count). The van der Waals surface area contributed by atoms with E-state index < -0.39 is 12.1 Å². The van der Waals surface area contributed by atoms with Crippen LogP contribution in [0.2, 0.25) is 5.02 Å². The molecule has 0 bridgehead atoms. The number of aromatic amines is 1. The zero-order chi connectivity index (χ0) is 17.7. The number of carbonyl (C=O) groups excluding carboxylic acids is 1. The zero-order valence-corrected chi connectivity index (χ0v) is 14.3. The summed E-state index contributed by atoms with van der Waals surface area (Å²) in [5.74, 6) is 0. The van der Waals surface area contributed by atoms with E-state index in [0.29, 0.717) is 16.1 Å². The number of benzene rings is 1. The average molecular weight is 350 g/mol. The van der Waals surface area contributed by atoms with E-state index in [2.05, 4.69) is 15.6 Å². The second kappa shape index (κ2) is 7.99. The summed E-state index contributed by atoms with van der Waals surface area (Å²) in [6.45, 7) is 3.77. The van der Waals surface area contributed by atoms with Crippen LogP contribution in [0.5, 0.6) is 0 Å². The number of aryl methyl sites for hydroxylation is 2. The predicted octanol–water partition coefficient (Wildman–Crippen LogP) is 2.18. The van der Waals surface area contributed by atoms with Crippen LogP contribution in [0.15, 0.2) is 35.1 Å². The van der Waals surface area contributed by atoms with Crippen LogP contribution in [0.4, 0.5) is 4.79 Å². The molecule has 1 heterocycles. The second-order valence-corrected chi connectivity index (χ2v) is 6.01. The lowest BCUT2D eigenvalue weighted by molar-refractivity contribution is 0.173. The summed E-state index contributed by atoms with van der Waals surface area (Å²) in [7, 11) is 0. The van der Waals surface area contributed by atoms with Gasteiger partial charge in [0.25, 0.3) is 5.56 Å². The molecular formula is C17H20ClN3O3. The van der Waals surface area contributed by atoms with Gasteiger partial charge in [-0.05, 0) is 43.2 Å². The minimum Gasteiger partial charge on any atom is -0.387 e. The molecule has 0 saturated carbocycles. The monoisotopic (exact) mass is 349 g/mol. The van der Waals surface area contributed by atoms with Gasteiger partial charge in [-0.2, -0.15) is 0 Å². The number of urea groups is 1. The van der Waals surface area contributed by atoms with E-state index in [9.17, 15) is 14.7 Å². The van der Waals surface area contributed by atoms with Gasteiger partial charge in [0, 0.05) is 22.8 Å². The van der Waals surface area contributed by atoms with Gasteiger partial charge in [-0.3, -0.25) is 4.79 Å². The van der Waals surface area contributed by atoms with E-state index in [1.54, 1.807) is 31.2 Å². The summed E-state index contributed by atoms with van der Waals surface area (Å²) in [6, 6.07) is 8.19. The van der Waals surface area contributed by atoms with Gasteiger partial charge in [-0.15, -0.1) is 0 Å². The Morgan fingerprint density at radius 2 is 2.04 bits per heavy atom. The van der Waals surface area contributed by atoms with Crippen LogP contribution >= 0.6 is 11.6 Å². The maximum absolute atomic E-state index is 11.9. The van der Waals surface area contributed by atoms with Crippen molar-refractivity contribution in [3.63, 3.8) is 0 Å². The lowest BCUT2D eigenvalue weighted by Gasteiger charge is -2.13. The van der Waals surface area contributed by atoms with Crippen LogP contribution in [0.1, 0.15) is 28.5 Å². The number of aliphatic hydroxyl groups excluding tert-OH is 1. The van der Waals surface area contributed by atoms with Crippen molar-refractivity contribution in [3.05, 3.63) is 68.1 Å². The van der Waals surface area contributed by atoms with E-state index in [1.807, 2.05) is 13.0 Å². The third-order valence-electron chi connectivity index (χ3n) is 3.61. The first-order valence-electron chi connectivity index (χ1n) is 7.51. The Bertz CT molecular complexity index is 789. The molecule has 6 nitrogen and oxygen atoms in total. The summed E-state index contributed by atoms with van der Waals surface area (Å²) in [6.07, 6.45) is -0.862. The number of hydrogen-bond donors (Lipinski definition) is 4. The minimum absolute atomic E-state index is 0.0371. The van der Waals surface area contributed by atoms with Gasteiger partial charge in [0.2, 0.25) is 0 Å². The lowest BCUT2D eigenvalue weighted by atomic mass is 10.1. The first-order chi connectivity index (χ1) is 11.4. The summed E-state index contributed by atoms with van der Waals surface area (Å²) >= 11 is 5.87. The lowest BCUT2D eigenvalue weighted by Crippen LogP contribution is -2.38. The molecule has 1 unspecified atom stereocenters. The number of pyridine rings is 1. The minimum atomic E-state index is -0.862. The fourth-order valence-electron chi connectivity index (χ4n) is 2.35. The summed E-state index contributed by atoms with van der Waals surface area (Å²) in [4.78, 5) is 26.4. The number of aromatic nitrogens is 1. The van der Waals surface area contributed by atoms with Crippen LogP contribution < -0.4 is 16.2 Å². The Hall–Kier alpha value is -2.31. The van der Waals surface area contributed by atoms with Gasteiger partial charge >= 0.3 is 6.03 Å². The van der Waals surface area contributed by atoms with E-state index in [-0.39, 0.29) is 18.6 Å². The standard InChI is InChI=1S/C17H20ClN3O3/c1-10-6-11(2)21-16(23)14(10)8-19-17(24)20-9-15(22)12-4-3-5-13(18)7-12/h3-7,15,22H,8-9H2,1-2H3,(H,21,23)(H2,19,20,24). The van der Waals surface area contributed by atoms with Crippen LogP contribution in [-0.2, 0) is 6.54 Å². The number of H-pyrrole nitrogens is 1. The summed E-state index contributed by atoms with van der Waals surface area (Å²) in [5.41, 5.74) is 2.50. The van der Waals surface area contributed by atoms with Crippen molar-refractivity contribution < 1.29 is 9.90 Å². The number of hydrogen-bond acceptors (Lipinski definition) is 3. The van der Waals surface area contributed by atoms with Crippen LogP contribution in [0.25, 0.3) is 0 Å². The van der Waals surface area contributed by atoms with Gasteiger partial charge < -0.3 is 20.7 Å². The van der Waals surface area contributed by atoms with Crippen molar-refractivity contribution in [1.82, 2.24) is 15.6 Å². The maximum Gasteiger partial charge on any atom is 0.315 e. The molecule has 1 aromatic carbocycles. The number of halogens is 1. The SMILES string of the molecule is Cc1cc(C)c(CNC(=O)NCC(O)c2cccc(Cl)c2)c(=O)[nH]1. The average Bonchev–Trinajstić information content (AvgIpc) is 2.51. The van der Waals surface area contributed by atoms with E-state index in [0.717, 1.165) is 11.3 Å². The number of rotatable bonds is 5. The van der Waals surface area contributed by atoms with Crippen molar-refractivity contribution in [2.24, 2.45) is 0 Å². The number of nitrogens with one attached hydrogen (secondary N) is 3. The van der Waals surface area contributed by atoms with E-state index in [1.165, 1.54) is 0 Å². The number of aliphatic hydroxyl groups is 1. The molecule has 2 amide bonds. The summed E-state index contributed by atoms with van der Waals surface area (Å²) in [5, 5.41) is 15.7. The molecule has 24 heavy (non-hydrogen) atoms. The Balaban J connectivity index is 1.87. The van der Waals surface area contributed by atoms with Crippen molar-refractivity contribution >= 4 is 17.6 Å². The molecule has 0 aliphatic heterocycles. The quantitative estimate of drug-likeness (QED) is 0.666. The third-order valence-corrected chi connectivity index (χ3v) is 3.84. The Labute approximate surface area is 144 Å². The molecule has 1 atom stereocenters. The summed E-state index contributed by atoms with van der Waals surface area (Å²) < 4.78 is 0. The van der Waals surface area contributed by atoms with Crippen LogP contribution in [-0.4, -0.2) is 22.7 Å². The van der Waals surface area contributed by atoms with Crippen molar-refractivity contribution in [2.75, 3.05) is 6.54 Å². The number of amides is 2. The molecule has 0 aliphatic rings. The molecule has 0 spiro atoms. The highest BCUT2D eigenvalue weighted by Gasteiger charge is 2.11. The molecule has 2 aromatic rings. The number of carbonyl (C=O) groups is 1. The molecule has 128 valence electrons. The molecule has 4 N–H and O–H groups in total. The van der Waals surface area contributed by atoms with Crippen molar-refractivity contribution in [2.45, 2.75) is 26.5 Å². The molecule has 7 heteroatoms. The highest BCUT2D eigenvalue weighted by atomic mass is 35.5. The largest absolute Gasteiger partial charge is 0.387 e. The Kier molecular flexibility index (Phi) is 6.00. The second-order valence-electron chi connectivity index (χ2n) is 5.58. The van der Waals surface area contributed by atoms with Crippen molar-refractivity contribution in [3.8, 4) is 0 Å². The molecule has 0 aliphatic carbocycles. The maximum atomic E-state index is 11.9. The molecule has 0 radical (unpaired) electrons. The predicted molar refractivity (Wildman–Crippen MR) is 93.2 cm³/mol. The van der Waals surface area contributed by atoms with Crippen LogP contribution in [0.3, 0.4) is 0 Å². The Morgan fingerprint density at radius 1 is 1.29 bits per heavy atom. The zero-order valence-electron chi connectivity index (χ0n) is 13.5. The molecule has 1 aromatic heterocycles. The van der Waals surface area contributed by atoms with Gasteiger partial charge in [-0.25, -0.2) is 4.79 Å². The first-order valence-corrected chi connectivity index (χ1v) is 7.89. The molecule has 0 fully saturated rings. The fourth-order valence-corrected chi connectivity index (χ4v) is 2.55. The topological polar surface area (TPSA) is 94.2 Å². The fraction of sp³-hybridized carbons (Fsp3) is 0.294. The first kappa shape index (κ1) is 18.0. The highest BCUT2D eigenvalue weighted by Crippen LogP contribution is 2.16. The highest BCUT2D eigenvalue weighted by molar-refractivity contribution is 6.30. The van der Waals surface area contributed by atoms with Gasteiger partial charge in [0.05, 0.1) is 12.6 Å². The van der Waals surface area contributed by atoms with Crippen molar-refractivity contribution in [1.29, 1.82) is 0 Å². The smallest absolute Gasteiger partial charge is 0.315 e. The van der Waals surface area contributed by atoms with E-state index in [4.69, 9.17) is 11.6 Å². The van der Waals surface area contributed by atoms with Gasteiger partial charge in [-0.1, -0.05) is 23.7 Å². The Morgan fingerprint density at radius 3 is 2.71 bits per heavy atom. The molecule has 0 saturated heterocycles. The van der Waals surface area contributed by atoms with Gasteiger partial charge in [0.15, 0.2) is 0 Å². The molecular weight excluding hydrogens is 330 g/mol. The third kappa shape index (κ3) is 4.84. The van der Waals surface area contributed by atoms with Crippen LogP contribution in [0, 0.1) is 13.8 Å².